The van der Waals surface area contributed by atoms with Crippen LogP contribution in [0.15, 0.2) is 54.9 Å². The summed E-state index contributed by atoms with van der Waals surface area (Å²) in [6, 6.07) is 15.9. The maximum Gasteiger partial charge on any atom is 0.0552 e. The molecule has 1 saturated carbocycles. The maximum absolute atomic E-state index is 4.24. The van der Waals surface area contributed by atoms with Crippen molar-refractivity contribution in [3.05, 3.63) is 60.4 Å². The Balaban J connectivity index is 1.15. The number of rotatable bonds is 6. The number of nitrogens with zero attached hydrogens (tertiary/aromatic N) is 2. The molecule has 2 heterocycles. The Morgan fingerprint density at radius 2 is 1.88 bits per heavy atom. The molecule has 1 aliphatic carbocycles. The zero-order valence-electron chi connectivity index (χ0n) is 14.3. The highest BCUT2D eigenvalue weighted by Crippen LogP contribution is 2.40. The van der Waals surface area contributed by atoms with E-state index >= 15 is 0 Å². The fourth-order valence-electron chi connectivity index (χ4n) is 3.98. The summed E-state index contributed by atoms with van der Waals surface area (Å²) in [5.41, 5.74) is 2.78. The Kier molecular flexibility index (Phi) is 4.79. The lowest BCUT2D eigenvalue weighted by molar-refractivity contribution is 0.373. The lowest BCUT2D eigenvalue weighted by atomic mass is 9.93. The summed E-state index contributed by atoms with van der Waals surface area (Å²) in [6.45, 7) is 3.52. The second kappa shape index (κ2) is 7.35. The number of piperidine rings is 1. The highest BCUT2D eigenvalue weighted by Gasteiger charge is 2.37. The van der Waals surface area contributed by atoms with Crippen molar-refractivity contribution in [2.45, 2.75) is 37.6 Å². The summed E-state index contributed by atoms with van der Waals surface area (Å²) in [5, 5.41) is 3.77. The van der Waals surface area contributed by atoms with E-state index in [1.807, 2.05) is 18.5 Å². The molecule has 0 amide bonds. The van der Waals surface area contributed by atoms with E-state index in [1.54, 1.807) is 0 Å². The van der Waals surface area contributed by atoms with Gasteiger partial charge in [-0.05, 0) is 55.8 Å². The van der Waals surface area contributed by atoms with Gasteiger partial charge in [-0.1, -0.05) is 30.3 Å². The molecular formula is C21H27N3. The molecule has 4 rings (SSSR count). The third kappa shape index (κ3) is 3.78. The molecule has 1 aromatic heterocycles. The van der Waals surface area contributed by atoms with Crippen molar-refractivity contribution in [2.24, 2.45) is 5.92 Å². The molecular weight excluding hydrogens is 294 g/mol. The first-order valence-electron chi connectivity index (χ1n) is 9.33. The van der Waals surface area contributed by atoms with E-state index in [2.05, 4.69) is 51.6 Å². The normalized spacial score (nSPS) is 24.1. The molecule has 126 valence electrons. The van der Waals surface area contributed by atoms with E-state index < -0.39 is 0 Å². The van der Waals surface area contributed by atoms with Crippen molar-refractivity contribution in [3.63, 3.8) is 0 Å². The van der Waals surface area contributed by atoms with Crippen molar-refractivity contribution in [2.75, 3.05) is 24.5 Å². The number of aromatic nitrogens is 1. The van der Waals surface area contributed by atoms with Crippen molar-refractivity contribution in [1.29, 1.82) is 0 Å². The van der Waals surface area contributed by atoms with Gasteiger partial charge in [0.25, 0.3) is 0 Å². The molecule has 1 saturated heterocycles. The lowest BCUT2D eigenvalue weighted by Crippen LogP contribution is -2.34. The summed E-state index contributed by atoms with van der Waals surface area (Å²) in [7, 11) is 0. The standard InChI is InChI=1S/C21H27N3/c1-2-5-18(6-3-1)20-15-21(20)23-12-8-17-9-13-24(14-10-17)19-7-4-11-22-16-19/h1-7,11,16-17,20-21,23H,8-10,12-15H2. The molecule has 2 unspecified atom stereocenters. The topological polar surface area (TPSA) is 28.2 Å². The first-order valence-corrected chi connectivity index (χ1v) is 9.33. The van der Waals surface area contributed by atoms with E-state index in [1.165, 1.54) is 56.6 Å². The van der Waals surface area contributed by atoms with Gasteiger partial charge in [0.15, 0.2) is 0 Å². The van der Waals surface area contributed by atoms with Gasteiger partial charge >= 0.3 is 0 Å². The SMILES string of the molecule is c1ccc(C2CC2NCCC2CCN(c3cccnc3)CC2)cc1. The fraction of sp³-hybridized carbons (Fsp3) is 0.476. The minimum Gasteiger partial charge on any atom is -0.370 e. The molecule has 3 heteroatoms. The van der Waals surface area contributed by atoms with E-state index in [-0.39, 0.29) is 0 Å². The van der Waals surface area contributed by atoms with Crippen LogP contribution in [0.5, 0.6) is 0 Å². The van der Waals surface area contributed by atoms with Crippen molar-refractivity contribution in [1.82, 2.24) is 10.3 Å². The van der Waals surface area contributed by atoms with Crippen LogP contribution >= 0.6 is 0 Å². The molecule has 0 spiro atoms. The average molecular weight is 321 g/mol. The Morgan fingerprint density at radius 3 is 2.62 bits per heavy atom. The van der Waals surface area contributed by atoms with Crippen LogP contribution in [0.1, 0.15) is 37.2 Å². The van der Waals surface area contributed by atoms with Crippen LogP contribution in [-0.2, 0) is 0 Å². The molecule has 2 atom stereocenters. The molecule has 1 aliphatic heterocycles. The Bertz CT molecular complexity index is 620. The average Bonchev–Trinajstić information content (AvgIpc) is 3.43. The Labute approximate surface area is 145 Å². The second-order valence-electron chi connectivity index (χ2n) is 7.24. The number of hydrogen-bond acceptors (Lipinski definition) is 3. The van der Waals surface area contributed by atoms with Gasteiger partial charge in [-0.25, -0.2) is 0 Å². The quantitative estimate of drug-likeness (QED) is 0.876. The van der Waals surface area contributed by atoms with Gasteiger partial charge in [0.05, 0.1) is 11.9 Å². The van der Waals surface area contributed by atoms with Gasteiger partial charge in [0.1, 0.15) is 0 Å². The molecule has 0 bridgehead atoms. The monoisotopic (exact) mass is 321 g/mol. The van der Waals surface area contributed by atoms with E-state index in [0.717, 1.165) is 11.8 Å². The molecule has 24 heavy (non-hydrogen) atoms. The predicted octanol–water partition coefficient (Wildman–Crippen LogP) is 3.83. The molecule has 2 fully saturated rings. The zero-order chi connectivity index (χ0) is 16.2. The van der Waals surface area contributed by atoms with E-state index in [4.69, 9.17) is 0 Å². The second-order valence-corrected chi connectivity index (χ2v) is 7.24. The first kappa shape index (κ1) is 15.6. The van der Waals surface area contributed by atoms with Crippen LogP contribution in [0.25, 0.3) is 0 Å². The third-order valence-electron chi connectivity index (χ3n) is 5.60. The van der Waals surface area contributed by atoms with Crippen LogP contribution in [0, 0.1) is 5.92 Å². The molecule has 2 aliphatic rings. The van der Waals surface area contributed by atoms with Gasteiger partial charge < -0.3 is 10.2 Å². The van der Waals surface area contributed by atoms with Gasteiger partial charge in [-0.2, -0.15) is 0 Å². The van der Waals surface area contributed by atoms with Gasteiger partial charge in [0, 0.05) is 31.2 Å². The fourth-order valence-corrected chi connectivity index (χ4v) is 3.98. The van der Waals surface area contributed by atoms with Gasteiger partial charge in [-0.3, -0.25) is 4.98 Å². The highest BCUT2D eigenvalue weighted by molar-refractivity contribution is 5.43. The minimum atomic E-state index is 0.711. The van der Waals surface area contributed by atoms with Gasteiger partial charge in [0.2, 0.25) is 0 Å². The number of nitrogens with one attached hydrogen (secondary N) is 1. The minimum absolute atomic E-state index is 0.711. The van der Waals surface area contributed by atoms with Gasteiger partial charge in [-0.15, -0.1) is 0 Å². The smallest absolute Gasteiger partial charge is 0.0552 e. The van der Waals surface area contributed by atoms with Crippen LogP contribution in [0.3, 0.4) is 0 Å². The zero-order valence-corrected chi connectivity index (χ0v) is 14.3. The van der Waals surface area contributed by atoms with Crippen molar-refractivity contribution in [3.8, 4) is 0 Å². The summed E-state index contributed by atoms with van der Waals surface area (Å²) in [6.07, 6.45) is 9.08. The van der Waals surface area contributed by atoms with Crippen LogP contribution in [-0.4, -0.2) is 30.7 Å². The molecule has 2 aromatic rings. The number of anilines is 1. The molecule has 1 N–H and O–H groups in total. The molecule has 3 nitrogen and oxygen atoms in total. The summed E-state index contributed by atoms with van der Waals surface area (Å²) in [5.74, 6) is 1.62. The summed E-state index contributed by atoms with van der Waals surface area (Å²) < 4.78 is 0. The Hall–Kier alpha value is -1.87. The largest absolute Gasteiger partial charge is 0.370 e. The Morgan fingerprint density at radius 1 is 1.04 bits per heavy atom. The first-order chi connectivity index (χ1) is 11.9. The summed E-state index contributed by atoms with van der Waals surface area (Å²) >= 11 is 0. The maximum atomic E-state index is 4.24. The van der Waals surface area contributed by atoms with Crippen molar-refractivity contribution >= 4 is 5.69 Å². The van der Waals surface area contributed by atoms with Crippen LogP contribution in [0.2, 0.25) is 0 Å². The number of pyridine rings is 1. The van der Waals surface area contributed by atoms with Crippen LogP contribution in [0.4, 0.5) is 5.69 Å². The summed E-state index contributed by atoms with van der Waals surface area (Å²) in [4.78, 5) is 6.71. The predicted molar refractivity (Wildman–Crippen MR) is 99.4 cm³/mol. The van der Waals surface area contributed by atoms with Crippen LogP contribution < -0.4 is 10.2 Å². The number of benzene rings is 1. The van der Waals surface area contributed by atoms with Crippen molar-refractivity contribution < 1.29 is 0 Å². The van der Waals surface area contributed by atoms with E-state index in [0.29, 0.717) is 6.04 Å². The molecule has 1 aromatic carbocycles. The third-order valence-corrected chi connectivity index (χ3v) is 5.60. The highest BCUT2D eigenvalue weighted by atomic mass is 15.1. The number of hydrogen-bond donors (Lipinski definition) is 1. The molecule has 0 radical (unpaired) electrons. The lowest BCUT2D eigenvalue weighted by Gasteiger charge is -2.33. The van der Waals surface area contributed by atoms with E-state index in [9.17, 15) is 0 Å².